The Labute approximate surface area is 106 Å². The molecule has 4 heteroatoms. The van der Waals surface area contributed by atoms with Crippen molar-refractivity contribution in [3.05, 3.63) is 48.3 Å². The van der Waals surface area contributed by atoms with Crippen LogP contribution in [-0.4, -0.2) is 16.7 Å². The molecule has 0 aliphatic heterocycles. The van der Waals surface area contributed by atoms with E-state index in [1.165, 1.54) is 0 Å². The Bertz CT molecular complexity index is 500. The summed E-state index contributed by atoms with van der Waals surface area (Å²) in [7, 11) is 0. The van der Waals surface area contributed by atoms with Gasteiger partial charge >= 0.3 is 0 Å². The number of benzene rings is 1. The molecule has 2 N–H and O–H groups in total. The fraction of sp³-hybridized carbons (Fsp3) is 0.214. The van der Waals surface area contributed by atoms with Gasteiger partial charge in [-0.05, 0) is 36.8 Å². The summed E-state index contributed by atoms with van der Waals surface area (Å²) < 4.78 is 5.27. The fourth-order valence-corrected chi connectivity index (χ4v) is 1.62. The minimum absolute atomic E-state index is 0.169. The Hall–Kier alpha value is -2.23. The highest BCUT2D eigenvalue weighted by Crippen LogP contribution is 2.26. The van der Waals surface area contributed by atoms with Gasteiger partial charge < -0.3 is 15.2 Å². The third kappa shape index (κ3) is 3.13. The van der Waals surface area contributed by atoms with Crippen molar-refractivity contribution in [1.29, 1.82) is 0 Å². The molecule has 0 spiro atoms. The van der Waals surface area contributed by atoms with Crippen LogP contribution in [0.1, 0.15) is 12.5 Å². The molecule has 0 amide bonds. The Morgan fingerprint density at radius 3 is 2.89 bits per heavy atom. The van der Waals surface area contributed by atoms with E-state index in [-0.39, 0.29) is 5.75 Å². The van der Waals surface area contributed by atoms with Crippen LogP contribution in [0.25, 0.3) is 0 Å². The van der Waals surface area contributed by atoms with Gasteiger partial charge in [0.25, 0.3) is 0 Å². The minimum Gasteiger partial charge on any atom is -0.504 e. The topological polar surface area (TPSA) is 54.4 Å². The van der Waals surface area contributed by atoms with Gasteiger partial charge in [-0.15, -0.1) is 0 Å². The molecule has 0 radical (unpaired) electrons. The van der Waals surface area contributed by atoms with Crippen molar-refractivity contribution in [1.82, 2.24) is 4.98 Å². The number of nitrogens with one attached hydrogen (secondary N) is 1. The smallest absolute Gasteiger partial charge is 0.160 e. The lowest BCUT2D eigenvalue weighted by Gasteiger charge is -2.09. The molecule has 0 saturated heterocycles. The number of rotatable bonds is 5. The van der Waals surface area contributed by atoms with E-state index < -0.39 is 0 Å². The van der Waals surface area contributed by atoms with Crippen LogP contribution in [0.2, 0.25) is 0 Å². The lowest BCUT2D eigenvalue weighted by atomic mass is 10.2. The minimum atomic E-state index is 0.169. The van der Waals surface area contributed by atoms with Gasteiger partial charge in [0.05, 0.1) is 12.3 Å². The lowest BCUT2D eigenvalue weighted by molar-refractivity contribution is 0.318. The summed E-state index contributed by atoms with van der Waals surface area (Å²) in [4.78, 5) is 4.02. The zero-order chi connectivity index (χ0) is 12.8. The maximum absolute atomic E-state index is 9.75. The van der Waals surface area contributed by atoms with Gasteiger partial charge in [-0.1, -0.05) is 6.07 Å². The summed E-state index contributed by atoms with van der Waals surface area (Å²) in [6.07, 6.45) is 3.49. The molecule has 0 aliphatic rings. The largest absolute Gasteiger partial charge is 0.504 e. The number of pyridine rings is 1. The summed E-state index contributed by atoms with van der Waals surface area (Å²) in [5.41, 5.74) is 1.94. The summed E-state index contributed by atoms with van der Waals surface area (Å²) in [5.74, 6) is 0.685. The van der Waals surface area contributed by atoms with Crippen molar-refractivity contribution in [2.45, 2.75) is 13.5 Å². The number of hydrogen-bond donors (Lipinski definition) is 2. The maximum atomic E-state index is 9.75. The Kier molecular flexibility index (Phi) is 4.02. The number of hydrogen-bond acceptors (Lipinski definition) is 4. The van der Waals surface area contributed by atoms with Crippen LogP contribution < -0.4 is 10.1 Å². The number of phenols is 1. The summed E-state index contributed by atoms with van der Waals surface area (Å²) >= 11 is 0. The molecular weight excluding hydrogens is 228 g/mol. The van der Waals surface area contributed by atoms with Gasteiger partial charge in [0, 0.05) is 18.9 Å². The monoisotopic (exact) mass is 244 g/mol. The van der Waals surface area contributed by atoms with E-state index in [1.807, 2.05) is 25.1 Å². The van der Waals surface area contributed by atoms with Crippen molar-refractivity contribution < 1.29 is 9.84 Å². The van der Waals surface area contributed by atoms with Crippen molar-refractivity contribution in [3.8, 4) is 11.5 Å². The molecule has 2 rings (SSSR count). The van der Waals surface area contributed by atoms with Crippen LogP contribution >= 0.6 is 0 Å². The third-order valence-corrected chi connectivity index (χ3v) is 2.48. The average Bonchev–Trinajstić information content (AvgIpc) is 2.41. The van der Waals surface area contributed by atoms with Crippen LogP contribution in [0.3, 0.4) is 0 Å². The molecule has 0 aliphatic carbocycles. The van der Waals surface area contributed by atoms with Gasteiger partial charge in [0.2, 0.25) is 0 Å². The van der Waals surface area contributed by atoms with E-state index in [0.29, 0.717) is 18.9 Å². The van der Waals surface area contributed by atoms with E-state index in [0.717, 1.165) is 11.3 Å². The first-order valence-electron chi connectivity index (χ1n) is 5.88. The molecule has 0 saturated carbocycles. The van der Waals surface area contributed by atoms with Crippen LogP contribution in [0.15, 0.2) is 42.7 Å². The first-order valence-corrected chi connectivity index (χ1v) is 5.88. The van der Waals surface area contributed by atoms with E-state index in [2.05, 4.69) is 10.3 Å². The molecule has 0 unspecified atom stereocenters. The Morgan fingerprint density at radius 1 is 1.33 bits per heavy atom. The molecule has 1 aromatic carbocycles. The molecule has 2 aromatic rings. The van der Waals surface area contributed by atoms with Gasteiger partial charge in [0.15, 0.2) is 11.5 Å². The molecular formula is C14H16N2O2. The standard InChI is InChI=1S/C14H16N2O2/c1-2-18-14-6-5-11(8-13(14)17)9-16-12-4-3-7-15-10-12/h3-8,10,16-17H,2,9H2,1H3. The summed E-state index contributed by atoms with van der Waals surface area (Å²) in [6.45, 7) is 3.06. The van der Waals surface area contributed by atoms with Crippen LogP contribution in [0.5, 0.6) is 11.5 Å². The summed E-state index contributed by atoms with van der Waals surface area (Å²) in [5, 5.41) is 13.0. The first-order chi connectivity index (χ1) is 8.79. The Morgan fingerprint density at radius 2 is 2.22 bits per heavy atom. The molecule has 0 atom stereocenters. The number of ether oxygens (including phenoxy) is 1. The van der Waals surface area contributed by atoms with E-state index >= 15 is 0 Å². The fourth-order valence-electron chi connectivity index (χ4n) is 1.62. The van der Waals surface area contributed by atoms with Crippen LogP contribution in [0, 0.1) is 0 Å². The second kappa shape index (κ2) is 5.91. The molecule has 94 valence electrons. The zero-order valence-corrected chi connectivity index (χ0v) is 10.3. The highest BCUT2D eigenvalue weighted by molar-refractivity contribution is 5.44. The van der Waals surface area contributed by atoms with Gasteiger partial charge in [-0.2, -0.15) is 0 Å². The number of nitrogens with zero attached hydrogens (tertiary/aromatic N) is 1. The number of aromatic hydroxyl groups is 1. The molecule has 1 aromatic heterocycles. The predicted molar refractivity (Wildman–Crippen MR) is 70.8 cm³/mol. The number of anilines is 1. The number of aromatic nitrogens is 1. The van der Waals surface area contributed by atoms with Crippen LogP contribution in [0.4, 0.5) is 5.69 Å². The van der Waals surface area contributed by atoms with E-state index in [9.17, 15) is 5.11 Å². The molecule has 18 heavy (non-hydrogen) atoms. The second-order valence-electron chi connectivity index (χ2n) is 3.83. The maximum Gasteiger partial charge on any atom is 0.160 e. The van der Waals surface area contributed by atoms with Crippen LogP contribution in [-0.2, 0) is 6.54 Å². The van der Waals surface area contributed by atoms with Crippen molar-refractivity contribution in [2.75, 3.05) is 11.9 Å². The third-order valence-electron chi connectivity index (χ3n) is 2.48. The predicted octanol–water partition coefficient (Wildman–Crippen LogP) is 2.80. The highest BCUT2D eigenvalue weighted by atomic mass is 16.5. The molecule has 4 nitrogen and oxygen atoms in total. The van der Waals surface area contributed by atoms with Crippen molar-refractivity contribution in [2.24, 2.45) is 0 Å². The molecule has 0 fully saturated rings. The SMILES string of the molecule is CCOc1ccc(CNc2cccnc2)cc1O. The number of phenolic OH excluding ortho intramolecular Hbond substituents is 1. The van der Waals surface area contributed by atoms with E-state index in [1.54, 1.807) is 24.5 Å². The first kappa shape index (κ1) is 12.2. The highest BCUT2D eigenvalue weighted by Gasteiger charge is 2.03. The van der Waals surface area contributed by atoms with Crippen molar-refractivity contribution >= 4 is 5.69 Å². The van der Waals surface area contributed by atoms with Gasteiger partial charge in [-0.25, -0.2) is 0 Å². The summed E-state index contributed by atoms with van der Waals surface area (Å²) in [6, 6.07) is 9.22. The molecule has 0 bridgehead atoms. The zero-order valence-electron chi connectivity index (χ0n) is 10.3. The van der Waals surface area contributed by atoms with Gasteiger partial charge in [0.1, 0.15) is 0 Å². The van der Waals surface area contributed by atoms with Crippen molar-refractivity contribution in [3.63, 3.8) is 0 Å². The Balaban J connectivity index is 2.00. The van der Waals surface area contributed by atoms with Gasteiger partial charge in [-0.3, -0.25) is 4.98 Å². The van der Waals surface area contributed by atoms with E-state index in [4.69, 9.17) is 4.74 Å². The normalized spacial score (nSPS) is 10.1. The quantitative estimate of drug-likeness (QED) is 0.849. The lowest BCUT2D eigenvalue weighted by Crippen LogP contribution is -2.00. The second-order valence-corrected chi connectivity index (χ2v) is 3.83. The molecule has 1 heterocycles. The average molecular weight is 244 g/mol.